The zero-order valence-corrected chi connectivity index (χ0v) is 11.8. The third-order valence-corrected chi connectivity index (χ3v) is 3.67. The Bertz CT molecular complexity index is 346. The van der Waals surface area contributed by atoms with E-state index in [1.54, 1.807) is 11.9 Å². The number of carbonyl (C=O) groups excluding carboxylic acids is 2. The lowest BCUT2D eigenvalue weighted by Crippen LogP contribution is -2.54. The largest absolute Gasteiger partial charge is 0.393 e. The molecule has 1 fully saturated rings. The highest BCUT2D eigenvalue weighted by molar-refractivity contribution is 7.80. The molecule has 1 rings (SSSR count). The lowest BCUT2D eigenvalue weighted by atomic mass is 9.97. The average molecular weight is 271 g/mol. The molecule has 6 heteroatoms. The van der Waals surface area contributed by atoms with Gasteiger partial charge in [0.2, 0.25) is 11.8 Å². The van der Waals surface area contributed by atoms with Crippen molar-refractivity contribution in [1.29, 1.82) is 0 Å². The highest BCUT2D eigenvalue weighted by Crippen LogP contribution is 2.21. The van der Waals surface area contributed by atoms with Crippen molar-refractivity contribution in [3.8, 4) is 0 Å². The average Bonchev–Trinajstić information content (AvgIpc) is 2.38. The van der Waals surface area contributed by atoms with Crippen molar-refractivity contribution >= 4 is 29.0 Å². The summed E-state index contributed by atoms with van der Waals surface area (Å²) in [7, 11) is 1.59. The van der Waals surface area contributed by atoms with Crippen molar-refractivity contribution in [1.82, 2.24) is 10.2 Å². The summed E-state index contributed by atoms with van der Waals surface area (Å²) in [4.78, 5) is 26.0. The van der Waals surface area contributed by atoms with Crippen LogP contribution in [-0.4, -0.2) is 41.3 Å². The highest BCUT2D eigenvalue weighted by atomic mass is 32.1. The molecule has 0 bridgehead atoms. The number of amides is 2. The monoisotopic (exact) mass is 271 g/mol. The first-order valence-corrected chi connectivity index (χ1v) is 6.75. The van der Waals surface area contributed by atoms with Crippen molar-refractivity contribution < 1.29 is 9.59 Å². The van der Waals surface area contributed by atoms with E-state index in [1.165, 1.54) is 0 Å². The Labute approximate surface area is 113 Å². The number of likely N-dealkylation sites (N-methyl/N-ethyl adjacent to an activating group) is 1. The van der Waals surface area contributed by atoms with Gasteiger partial charge in [-0.05, 0) is 25.7 Å². The van der Waals surface area contributed by atoms with E-state index in [1.807, 2.05) is 6.92 Å². The van der Waals surface area contributed by atoms with Crippen LogP contribution in [0.4, 0.5) is 0 Å². The van der Waals surface area contributed by atoms with Gasteiger partial charge in [0.1, 0.15) is 6.04 Å². The van der Waals surface area contributed by atoms with Gasteiger partial charge in [0.15, 0.2) is 0 Å². The van der Waals surface area contributed by atoms with Gasteiger partial charge in [-0.3, -0.25) is 9.59 Å². The van der Waals surface area contributed by atoms with Gasteiger partial charge < -0.3 is 16.0 Å². The molecule has 1 saturated heterocycles. The van der Waals surface area contributed by atoms with Gasteiger partial charge in [0.05, 0.1) is 10.9 Å². The minimum atomic E-state index is -0.453. The Kier molecular flexibility index (Phi) is 5.53. The van der Waals surface area contributed by atoms with E-state index in [9.17, 15) is 9.59 Å². The Morgan fingerprint density at radius 3 is 2.67 bits per heavy atom. The Hall–Kier alpha value is -1.17. The highest BCUT2D eigenvalue weighted by Gasteiger charge is 2.35. The summed E-state index contributed by atoms with van der Waals surface area (Å²) in [5, 5.41) is 2.61. The number of nitrogens with one attached hydrogen (secondary N) is 1. The molecule has 0 aromatic rings. The van der Waals surface area contributed by atoms with Crippen LogP contribution in [-0.2, 0) is 9.59 Å². The number of carbonyl (C=O) groups is 2. The van der Waals surface area contributed by atoms with Gasteiger partial charge in [-0.2, -0.15) is 0 Å². The number of piperidine rings is 1. The topological polar surface area (TPSA) is 75.4 Å². The van der Waals surface area contributed by atoms with Crippen LogP contribution in [0.15, 0.2) is 0 Å². The molecular weight excluding hydrogens is 250 g/mol. The second-order valence-corrected chi connectivity index (χ2v) is 4.99. The van der Waals surface area contributed by atoms with Gasteiger partial charge >= 0.3 is 0 Å². The van der Waals surface area contributed by atoms with Gasteiger partial charge in [-0.1, -0.05) is 19.1 Å². The molecule has 0 aromatic carbocycles. The molecule has 0 saturated carbocycles. The van der Waals surface area contributed by atoms with Crippen molar-refractivity contribution in [3.63, 3.8) is 0 Å². The van der Waals surface area contributed by atoms with Crippen LogP contribution in [0.5, 0.6) is 0 Å². The summed E-state index contributed by atoms with van der Waals surface area (Å²) in [5.74, 6) is -0.676. The lowest BCUT2D eigenvalue weighted by Gasteiger charge is -2.36. The van der Waals surface area contributed by atoms with E-state index in [-0.39, 0.29) is 22.8 Å². The maximum atomic E-state index is 12.4. The van der Waals surface area contributed by atoms with E-state index in [0.29, 0.717) is 19.4 Å². The molecule has 3 N–H and O–H groups in total. The van der Waals surface area contributed by atoms with Gasteiger partial charge in [-0.25, -0.2) is 0 Å². The molecule has 0 aliphatic carbocycles. The summed E-state index contributed by atoms with van der Waals surface area (Å²) >= 11 is 4.92. The quantitative estimate of drug-likeness (QED) is 0.727. The molecule has 102 valence electrons. The van der Waals surface area contributed by atoms with Crippen molar-refractivity contribution in [3.05, 3.63) is 0 Å². The molecule has 5 nitrogen and oxygen atoms in total. The molecule has 1 aliphatic heterocycles. The third kappa shape index (κ3) is 3.19. The van der Waals surface area contributed by atoms with Crippen LogP contribution in [0, 0.1) is 5.92 Å². The third-order valence-electron chi connectivity index (χ3n) is 3.38. The fourth-order valence-corrected chi connectivity index (χ4v) is 2.60. The number of thiocarbonyl (C=S) groups is 1. The van der Waals surface area contributed by atoms with E-state index >= 15 is 0 Å². The zero-order chi connectivity index (χ0) is 13.7. The fourth-order valence-electron chi connectivity index (χ4n) is 2.33. The first kappa shape index (κ1) is 14.9. The molecule has 0 radical (unpaired) electrons. The van der Waals surface area contributed by atoms with Crippen molar-refractivity contribution in [2.75, 3.05) is 13.6 Å². The normalized spacial score (nSPS) is 21.2. The summed E-state index contributed by atoms with van der Waals surface area (Å²) in [6, 6.07) is -0.375. The van der Waals surface area contributed by atoms with Gasteiger partial charge in [-0.15, -0.1) is 0 Å². The first-order valence-electron chi connectivity index (χ1n) is 6.34. The van der Waals surface area contributed by atoms with Crippen LogP contribution in [0.1, 0.15) is 32.6 Å². The summed E-state index contributed by atoms with van der Waals surface area (Å²) in [6.45, 7) is 2.48. The maximum absolute atomic E-state index is 12.4. The number of hydrogen-bond donors (Lipinski definition) is 2. The van der Waals surface area contributed by atoms with Crippen molar-refractivity contribution in [2.24, 2.45) is 11.7 Å². The number of nitrogens with zero attached hydrogens (tertiary/aromatic N) is 1. The summed E-state index contributed by atoms with van der Waals surface area (Å²) in [5.41, 5.74) is 5.59. The standard InChI is InChI=1S/C12H21N3O2S/c1-3-8(10(13)18)12(17)15-7-5-4-6-9(15)11(16)14-2/h8-9H,3-7H2,1-2H3,(H2,13,18)(H,14,16). The van der Waals surface area contributed by atoms with Gasteiger partial charge in [0.25, 0.3) is 0 Å². The number of rotatable bonds is 4. The van der Waals surface area contributed by atoms with E-state index in [2.05, 4.69) is 5.32 Å². The molecule has 2 atom stereocenters. The molecular formula is C12H21N3O2S. The van der Waals surface area contributed by atoms with Crippen LogP contribution in [0.2, 0.25) is 0 Å². The Morgan fingerprint density at radius 2 is 2.17 bits per heavy atom. The fraction of sp³-hybridized carbons (Fsp3) is 0.750. The van der Waals surface area contributed by atoms with E-state index in [4.69, 9.17) is 18.0 Å². The molecule has 0 aromatic heterocycles. The maximum Gasteiger partial charge on any atom is 0.242 e. The molecule has 2 unspecified atom stereocenters. The van der Waals surface area contributed by atoms with Crippen LogP contribution >= 0.6 is 12.2 Å². The Morgan fingerprint density at radius 1 is 1.50 bits per heavy atom. The number of nitrogens with two attached hydrogens (primary N) is 1. The second-order valence-electron chi connectivity index (χ2n) is 4.52. The first-order chi connectivity index (χ1) is 8.52. The minimum Gasteiger partial charge on any atom is -0.393 e. The Balaban J connectivity index is 2.86. The number of likely N-dealkylation sites (tertiary alicyclic amines) is 1. The zero-order valence-electron chi connectivity index (χ0n) is 10.9. The molecule has 1 aliphatic rings. The molecule has 18 heavy (non-hydrogen) atoms. The van der Waals surface area contributed by atoms with E-state index < -0.39 is 5.92 Å². The van der Waals surface area contributed by atoms with Crippen LogP contribution in [0.3, 0.4) is 0 Å². The van der Waals surface area contributed by atoms with Crippen molar-refractivity contribution in [2.45, 2.75) is 38.6 Å². The molecule has 2 amide bonds. The van der Waals surface area contributed by atoms with Crippen LogP contribution in [0.25, 0.3) is 0 Å². The lowest BCUT2D eigenvalue weighted by molar-refractivity contribution is -0.143. The number of hydrogen-bond acceptors (Lipinski definition) is 3. The second kappa shape index (κ2) is 6.68. The summed E-state index contributed by atoms with van der Waals surface area (Å²) < 4.78 is 0. The van der Waals surface area contributed by atoms with Crippen LogP contribution < -0.4 is 11.1 Å². The smallest absolute Gasteiger partial charge is 0.242 e. The molecule has 0 spiro atoms. The minimum absolute atomic E-state index is 0.110. The predicted octanol–water partition coefficient (Wildman–Crippen LogP) is 0.426. The van der Waals surface area contributed by atoms with E-state index in [0.717, 1.165) is 12.8 Å². The van der Waals surface area contributed by atoms with Gasteiger partial charge in [0, 0.05) is 13.6 Å². The molecule has 1 heterocycles. The predicted molar refractivity (Wildman–Crippen MR) is 74.0 cm³/mol. The summed E-state index contributed by atoms with van der Waals surface area (Å²) in [6.07, 6.45) is 3.17. The SMILES string of the molecule is CCC(C(=O)N1CCCCC1C(=O)NC)C(N)=S.